The molecule has 0 aliphatic carbocycles. The Balaban J connectivity index is 2.02. The second-order valence-electron chi connectivity index (χ2n) is 4.99. The van der Waals surface area contributed by atoms with E-state index in [1.54, 1.807) is 6.92 Å². The molecular weight excluding hydrogens is 210 g/mol. The highest BCUT2D eigenvalue weighted by molar-refractivity contribution is 5.75. The number of carbonyl (C=O) groups is 1. The molecule has 0 saturated carbocycles. The van der Waals surface area contributed by atoms with Crippen LogP contribution in [0, 0.1) is 0 Å². The third-order valence-electron chi connectivity index (χ3n) is 3.49. The Kier molecular flexibility index (Phi) is 4.32. The van der Waals surface area contributed by atoms with Crippen molar-refractivity contribution in [3.05, 3.63) is 35.4 Å². The number of ketones is 1. The van der Waals surface area contributed by atoms with E-state index in [0.29, 0.717) is 12.3 Å². The molecule has 1 N–H and O–H groups in total. The number of aryl methyl sites for hydroxylation is 1. The lowest BCUT2D eigenvalue weighted by Gasteiger charge is -2.23. The maximum atomic E-state index is 11.0. The fourth-order valence-electron chi connectivity index (χ4n) is 2.46. The zero-order chi connectivity index (χ0) is 12.1. The maximum Gasteiger partial charge on any atom is 0.130 e. The summed E-state index contributed by atoms with van der Waals surface area (Å²) in [4.78, 5) is 11.0. The molecule has 1 fully saturated rings. The van der Waals surface area contributed by atoms with Gasteiger partial charge in [0.1, 0.15) is 5.78 Å². The fourth-order valence-corrected chi connectivity index (χ4v) is 2.46. The monoisotopic (exact) mass is 231 g/mol. The van der Waals surface area contributed by atoms with Crippen molar-refractivity contribution >= 4 is 5.78 Å². The van der Waals surface area contributed by atoms with Gasteiger partial charge in [-0.25, -0.2) is 0 Å². The Bertz CT molecular complexity index is 380. The van der Waals surface area contributed by atoms with Crippen LogP contribution in [-0.4, -0.2) is 18.9 Å². The number of Topliss-reactive ketones (excluding diaryl/α,β-unsaturated/α-hetero) is 1. The van der Waals surface area contributed by atoms with Crippen molar-refractivity contribution in [3.63, 3.8) is 0 Å². The van der Waals surface area contributed by atoms with Crippen LogP contribution in [0.3, 0.4) is 0 Å². The van der Waals surface area contributed by atoms with E-state index in [0.717, 1.165) is 19.5 Å². The second kappa shape index (κ2) is 5.97. The molecule has 2 heteroatoms. The van der Waals surface area contributed by atoms with Gasteiger partial charge in [-0.2, -0.15) is 0 Å². The van der Waals surface area contributed by atoms with Crippen LogP contribution >= 0.6 is 0 Å². The molecule has 1 aliphatic rings. The first-order valence-corrected chi connectivity index (χ1v) is 6.54. The molecule has 0 amide bonds. The number of hydrogen-bond acceptors (Lipinski definition) is 2. The predicted octanol–water partition coefficient (Wildman–Crippen LogP) is 2.68. The summed E-state index contributed by atoms with van der Waals surface area (Å²) in [5.41, 5.74) is 2.72. The van der Waals surface area contributed by atoms with Gasteiger partial charge in [0.15, 0.2) is 0 Å². The zero-order valence-electron chi connectivity index (χ0n) is 10.5. The van der Waals surface area contributed by atoms with Gasteiger partial charge in [0.2, 0.25) is 0 Å². The predicted molar refractivity (Wildman–Crippen MR) is 70.3 cm³/mol. The van der Waals surface area contributed by atoms with Crippen molar-refractivity contribution < 1.29 is 4.79 Å². The number of benzene rings is 1. The molecule has 1 atom stereocenters. The number of hydrogen-bond donors (Lipinski definition) is 1. The molecule has 0 aromatic heterocycles. The first kappa shape index (κ1) is 12.3. The largest absolute Gasteiger partial charge is 0.316 e. The minimum atomic E-state index is 0.273. The van der Waals surface area contributed by atoms with Gasteiger partial charge in [0, 0.05) is 13.0 Å². The first-order chi connectivity index (χ1) is 8.25. The molecule has 2 rings (SSSR count). The Morgan fingerprint density at radius 1 is 1.47 bits per heavy atom. The highest BCUT2D eigenvalue weighted by Crippen LogP contribution is 2.24. The van der Waals surface area contributed by atoms with Crippen molar-refractivity contribution in [1.82, 2.24) is 5.32 Å². The summed E-state index contributed by atoms with van der Waals surface area (Å²) in [5, 5.41) is 3.45. The van der Waals surface area contributed by atoms with E-state index in [1.165, 1.54) is 24.0 Å². The lowest BCUT2D eigenvalue weighted by Crippen LogP contribution is -2.28. The van der Waals surface area contributed by atoms with E-state index in [4.69, 9.17) is 0 Å². The molecule has 0 spiro atoms. The van der Waals surface area contributed by atoms with Crippen molar-refractivity contribution in [2.75, 3.05) is 13.1 Å². The van der Waals surface area contributed by atoms with Gasteiger partial charge in [0.25, 0.3) is 0 Å². The highest BCUT2D eigenvalue weighted by Gasteiger charge is 2.14. The van der Waals surface area contributed by atoms with Crippen molar-refractivity contribution in [2.24, 2.45) is 0 Å². The average molecular weight is 231 g/mol. The van der Waals surface area contributed by atoms with E-state index in [1.807, 2.05) is 0 Å². The zero-order valence-corrected chi connectivity index (χ0v) is 10.5. The molecule has 1 heterocycles. The molecule has 1 aromatic rings. The van der Waals surface area contributed by atoms with Crippen LogP contribution in [0.2, 0.25) is 0 Å². The lowest BCUT2D eigenvalue weighted by atomic mass is 9.90. The number of piperidine rings is 1. The average Bonchev–Trinajstić information content (AvgIpc) is 2.38. The summed E-state index contributed by atoms with van der Waals surface area (Å²) in [6, 6.07) is 8.75. The quantitative estimate of drug-likeness (QED) is 0.863. The fraction of sp³-hybridized carbons (Fsp3) is 0.533. The van der Waals surface area contributed by atoms with Gasteiger partial charge in [-0.1, -0.05) is 24.3 Å². The molecule has 1 aromatic carbocycles. The van der Waals surface area contributed by atoms with Gasteiger partial charge in [0.05, 0.1) is 0 Å². The van der Waals surface area contributed by atoms with Crippen LogP contribution < -0.4 is 5.32 Å². The number of rotatable bonds is 4. The Morgan fingerprint density at radius 2 is 2.35 bits per heavy atom. The highest BCUT2D eigenvalue weighted by atomic mass is 16.1. The van der Waals surface area contributed by atoms with Crippen molar-refractivity contribution in [3.8, 4) is 0 Å². The van der Waals surface area contributed by atoms with E-state index >= 15 is 0 Å². The molecule has 0 bridgehead atoms. The van der Waals surface area contributed by atoms with Gasteiger partial charge < -0.3 is 10.1 Å². The topological polar surface area (TPSA) is 29.1 Å². The molecule has 17 heavy (non-hydrogen) atoms. The molecule has 1 aliphatic heterocycles. The summed E-state index contributed by atoms with van der Waals surface area (Å²) < 4.78 is 0. The Morgan fingerprint density at radius 3 is 3.06 bits per heavy atom. The summed E-state index contributed by atoms with van der Waals surface area (Å²) in [6.07, 6.45) is 4.08. The molecule has 1 saturated heterocycles. The number of carbonyl (C=O) groups excluding carboxylic acids is 1. The summed E-state index contributed by atoms with van der Waals surface area (Å²) >= 11 is 0. The SMILES string of the molecule is CC(=O)CCc1cccc(C2CCCNC2)c1. The number of nitrogens with one attached hydrogen (secondary N) is 1. The van der Waals surface area contributed by atoms with E-state index in [2.05, 4.69) is 29.6 Å². The second-order valence-corrected chi connectivity index (χ2v) is 4.99. The molecule has 92 valence electrons. The van der Waals surface area contributed by atoms with Gasteiger partial charge in [-0.05, 0) is 49.8 Å². The van der Waals surface area contributed by atoms with Crippen molar-refractivity contribution in [1.29, 1.82) is 0 Å². The Hall–Kier alpha value is -1.15. The first-order valence-electron chi connectivity index (χ1n) is 6.54. The maximum absolute atomic E-state index is 11.0. The van der Waals surface area contributed by atoms with Crippen LogP contribution in [-0.2, 0) is 11.2 Å². The molecule has 0 radical (unpaired) electrons. The van der Waals surface area contributed by atoms with Crippen LogP contribution in [0.1, 0.15) is 43.2 Å². The summed E-state index contributed by atoms with van der Waals surface area (Å²) in [5.74, 6) is 0.927. The van der Waals surface area contributed by atoms with Crippen LogP contribution in [0.4, 0.5) is 0 Å². The van der Waals surface area contributed by atoms with E-state index in [9.17, 15) is 4.79 Å². The molecule has 2 nitrogen and oxygen atoms in total. The molecule has 1 unspecified atom stereocenters. The smallest absolute Gasteiger partial charge is 0.130 e. The van der Waals surface area contributed by atoms with Crippen LogP contribution in [0.5, 0.6) is 0 Å². The normalized spacial score (nSPS) is 20.2. The summed E-state index contributed by atoms with van der Waals surface area (Å²) in [7, 11) is 0. The Labute approximate surface area is 103 Å². The minimum Gasteiger partial charge on any atom is -0.316 e. The lowest BCUT2D eigenvalue weighted by molar-refractivity contribution is -0.116. The summed E-state index contributed by atoms with van der Waals surface area (Å²) in [6.45, 7) is 3.91. The van der Waals surface area contributed by atoms with Gasteiger partial charge >= 0.3 is 0 Å². The van der Waals surface area contributed by atoms with Gasteiger partial charge in [-0.3, -0.25) is 0 Å². The van der Waals surface area contributed by atoms with Gasteiger partial charge in [-0.15, -0.1) is 0 Å². The van der Waals surface area contributed by atoms with Crippen LogP contribution in [0.25, 0.3) is 0 Å². The van der Waals surface area contributed by atoms with Crippen molar-refractivity contribution in [2.45, 2.75) is 38.5 Å². The van der Waals surface area contributed by atoms with Crippen LogP contribution in [0.15, 0.2) is 24.3 Å². The third kappa shape index (κ3) is 3.67. The minimum absolute atomic E-state index is 0.273. The van der Waals surface area contributed by atoms with E-state index in [-0.39, 0.29) is 5.78 Å². The molecular formula is C15H21NO. The van der Waals surface area contributed by atoms with E-state index < -0.39 is 0 Å². The standard InChI is InChI=1S/C15H21NO/c1-12(17)7-8-13-4-2-5-14(10-13)15-6-3-9-16-11-15/h2,4-5,10,15-16H,3,6-9,11H2,1H3. The third-order valence-corrected chi connectivity index (χ3v) is 3.49.